The number of rotatable bonds is 6. The second-order valence-corrected chi connectivity index (χ2v) is 6.59. The number of hydrogen-bond donors (Lipinski definition) is 1. The summed E-state index contributed by atoms with van der Waals surface area (Å²) in [7, 11) is 2.06. The minimum absolute atomic E-state index is 0.00226. The van der Waals surface area contributed by atoms with Gasteiger partial charge in [-0.15, -0.1) is 0 Å². The molecule has 0 aromatic carbocycles. The van der Waals surface area contributed by atoms with E-state index in [1.165, 1.54) is 12.8 Å². The second kappa shape index (κ2) is 7.88. The van der Waals surface area contributed by atoms with Crippen molar-refractivity contribution in [2.45, 2.75) is 50.5 Å². The van der Waals surface area contributed by atoms with Crippen molar-refractivity contribution in [3.8, 4) is 0 Å². The lowest BCUT2D eigenvalue weighted by atomic mass is 10.1. The molecule has 23 heavy (non-hydrogen) atoms. The average Bonchev–Trinajstić information content (AvgIpc) is 3.22. The zero-order valence-electron chi connectivity index (χ0n) is 13.8. The fourth-order valence-electron chi connectivity index (χ4n) is 3.25. The molecule has 1 atom stereocenters. The second-order valence-electron chi connectivity index (χ2n) is 6.59. The van der Waals surface area contributed by atoms with Crippen LogP contribution in [0.1, 0.15) is 49.7 Å². The van der Waals surface area contributed by atoms with Crippen LogP contribution in [0.3, 0.4) is 0 Å². The van der Waals surface area contributed by atoms with Gasteiger partial charge in [-0.3, -0.25) is 4.79 Å². The molecule has 1 saturated heterocycles. The van der Waals surface area contributed by atoms with E-state index in [2.05, 4.69) is 27.4 Å². The number of aryl methyl sites for hydroxylation is 1. The van der Waals surface area contributed by atoms with E-state index in [9.17, 15) is 4.79 Å². The predicted octanol–water partition coefficient (Wildman–Crippen LogP) is 1.11. The van der Waals surface area contributed by atoms with Gasteiger partial charge in [0.05, 0.1) is 12.7 Å². The number of aromatic nitrogens is 2. The van der Waals surface area contributed by atoms with Crippen LogP contribution in [-0.2, 0) is 16.0 Å². The van der Waals surface area contributed by atoms with E-state index >= 15 is 0 Å². The van der Waals surface area contributed by atoms with Crippen molar-refractivity contribution >= 4 is 5.91 Å². The SMILES string of the molecule is CN1CCOC(CNC(=O)CCc2nc(C3CCCC3)no2)C1. The van der Waals surface area contributed by atoms with E-state index in [0.717, 1.165) is 38.4 Å². The van der Waals surface area contributed by atoms with Crippen molar-refractivity contribution in [2.75, 3.05) is 33.3 Å². The first kappa shape index (κ1) is 16.4. The van der Waals surface area contributed by atoms with Gasteiger partial charge in [-0.25, -0.2) is 0 Å². The van der Waals surface area contributed by atoms with Crippen LogP contribution in [0.5, 0.6) is 0 Å². The smallest absolute Gasteiger partial charge is 0.227 e. The Hall–Kier alpha value is -1.47. The van der Waals surface area contributed by atoms with Crippen molar-refractivity contribution in [1.82, 2.24) is 20.4 Å². The highest BCUT2D eigenvalue weighted by Crippen LogP contribution is 2.32. The minimum Gasteiger partial charge on any atom is -0.374 e. The van der Waals surface area contributed by atoms with Gasteiger partial charge in [-0.1, -0.05) is 18.0 Å². The van der Waals surface area contributed by atoms with Crippen LogP contribution in [0.4, 0.5) is 0 Å². The van der Waals surface area contributed by atoms with Crippen LogP contribution < -0.4 is 5.32 Å². The maximum absolute atomic E-state index is 11.9. The van der Waals surface area contributed by atoms with Crippen molar-refractivity contribution in [1.29, 1.82) is 0 Å². The van der Waals surface area contributed by atoms with Gasteiger partial charge in [-0.05, 0) is 19.9 Å². The minimum atomic E-state index is 0.00226. The molecular weight excluding hydrogens is 296 g/mol. The maximum atomic E-state index is 11.9. The molecule has 1 unspecified atom stereocenters. The monoisotopic (exact) mass is 322 g/mol. The highest BCUT2D eigenvalue weighted by molar-refractivity contribution is 5.76. The molecule has 128 valence electrons. The summed E-state index contributed by atoms with van der Waals surface area (Å²) in [6.45, 7) is 3.09. The van der Waals surface area contributed by atoms with Crippen molar-refractivity contribution < 1.29 is 14.1 Å². The average molecular weight is 322 g/mol. The van der Waals surface area contributed by atoms with Crippen LogP contribution >= 0.6 is 0 Å². The zero-order valence-corrected chi connectivity index (χ0v) is 13.8. The Labute approximate surface area is 136 Å². The number of likely N-dealkylation sites (N-methyl/N-ethyl adjacent to an activating group) is 1. The number of carbonyl (C=O) groups is 1. The maximum Gasteiger partial charge on any atom is 0.227 e. The number of carbonyl (C=O) groups excluding carboxylic acids is 1. The molecule has 1 aliphatic heterocycles. The Morgan fingerprint density at radius 2 is 2.22 bits per heavy atom. The number of ether oxygens (including phenoxy) is 1. The van der Waals surface area contributed by atoms with Crippen LogP contribution in [0.2, 0.25) is 0 Å². The molecule has 3 rings (SSSR count). The quantitative estimate of drug-likeness (QED) is 0.845. The van der Waals surface area contributed by atoms with E-state index in [-0.39, 0.29) is 12.0 Å². The van der Waals surface area contributed by atoms with Gasteiger partial charge in [0.25, 0.3) is 0 Å². The summed E-state index contributed by atoms with van der Waals surface area (Å²) < 4.78 is 10.9. The van der Waals surface area contributed by atoms with Gasteiger partial charge < -0.3 is 19.5 Å². The molecule has 7 heteroatoms. The topological polar surface area (TPSA) is 80.5 Å². The zero-order chi connectivity index (χ0) is 16.1. The Morgan fingerprint density at radius 3 is 3.00 bits per heavy atom. The van der Waals surface area contributed by atoms with Gasteiger partial charge in [0, 0.05) is 38.4 Å². The third-order valence-corrected chi connectivity index (χ3v) is 4.64. The van der Waals surface area contributed by atoms with E-state index < -0.39 is 0 Å². The molecule has 7 nitrogen and oxygen atoms in total. The van der Waals surface area contributed by atoms with Crippen LogP contribution in [0.25, 0.3) is 0 Å². The first-order valence-corrected chi connectivity index (χ1v) is 8.60. The van der Waals surface area contributed by atoms with Gasteiger partial charge in [0.15, 0.2) is 5.82 Å². The molecular formula is C16H26N4O3. The lowest BCUT2D eigenvalue weighted by molar-refractivity contribution is -0.122. The van der Waals surface area contributed by atoms with Gasteiger partial charge >= 0.3 is 0 Å². The Morgan fingerprint density at radius 1 is 1.39 bits per heavy atom. The van der Waals surface area contributed by atoms with Crippen LogP contribution in [0, 0.1) is 0 Å². The number of morpholine rings is 1. The summed E-state index contributed by atoms with van der Waals surface area (Å²) in [5.41, 5.74) is 0. The number of nitrogens with zero attached hydrogens (tertiary/aromatic N) is 3. The van der Waals surface area contributed by atoms with Gasteiger partial charge in [-0.2, -0.15) is 4.98 Å². The molecule has 1 N–H and O–H groups in total. The summed E-state index contributed by atoms with van der Waals surface area (Å²) in [6.07, 6.45) is 5.73. The van der Waals surface area contributed by atoms with Gasteiger partial charge in [0.2, 0.25) is 11.8 Å². The largest absolute Gasteiger partial charge is 0.374 e. The first-order chi connectivity index (χ1) is 11.2. The third kappa shape index (κ3) is 4.75. The molecule has 0 radical (unpaired) electrons. The third-order valence-electron chi connectivity index (χ3n) is 4.64. The molecule has 1 aliphatic carbocycles. The van der Waals surface area contributed by atoms with Crippen molar-refractivity contribution in [3.63, 3.8) is 0 Å². The van der Waals surface area contributed by atoms with E-state index in [1.807, 2.05) is 0 Å². The number of amides is 1. The summed E-state index contributed by atoms with van der Waals surface area (Å²) in [6, 6.07) is 0. The molecule has 2 heterocycles. The molecule has 0 bridgehead atoms. The standard InChI is InChI=1S/C16H26N4O3/c1-20-8-9-22-13(11-20)10-17-14(21)6-7-15-18-16(19-23-15)12-4-2-3-5-12/h12-13H,2-11H2,1H3,(H,17,21). The lowest BCUT2D eigenvalue weighted by Crippen LogP contribution is -2.45. The van der Waals surface area contributed by atoms with Crippen molar-refractivity contribution in [3.05, 3.63) is 11.7 Å². The molecule has 1 saturated carbocycles. The van der Waals surface area contributed by atoms with Crippen LogP contribution in [0.15, 0.2) is 4.52 Å². The molecule has 2 fully saturated rings. The van der Waals surface area contributed by atoms with E-state index in [4.69, 9.17) is 9.26 Å². The molecule has 1 aromatic rings. The first-order valence-electron chi connectivity index (χ1n) is 8.60. The fourth-order valence-corrected chi connectivity index (χ4v) is 3.25. The lowest BCUT2D eigenvalue weighted by Gasteiger charge is -2.30. The summed E-state index contributed by atoms with van der Waals surface area (Å²) in [4.78, 5) is 18.6. The molecule has 1 aromatic heterocycles. The Bertz CT molecular complexity index is 513. The number of hydrogen-bond acceptors (Lipinski definition) is 6. The Balaban J connectivity index is 1.37. The molecule has 1 amide bonds. The fraction of sp³-hybridized carbons (Fsp3) is 0.812. The number of nitrogens with one attached hydrogen (secondary N) is 1. The summed E-state index contributed by atoms with van der Waals surface area (Å²) in [5, 5.41) is 6.99. The molecule has 2 aliphatic rings. The Kier molecular flexibility index (Phi) is 5.61. The van der Waals surface area contributed by atoms with Gasteiger partial charge in [0.1, 0.15) is 0 Å². The van der Waals surface area contributed by atoms with Crippen LogP contribution in [-0.4, -0.2) is 60.3 Å². The summed E-state index contributed by atoms with van der Waals surface area (Å²) in [5.74, 6) is 1.83. The summed E-state index contributed by atoms with van der Waals surface area (Å²) >= 11 is 0. The highest BCUT2D eigenvalue weighted by Gasteiger charge is 2.22. The van der Waals surface area contributed by atoms with E-state index in [0.29, 0.717) is 31.2 Å². The van der Waals surface area contributed by atoms with E-state index in [1.54, 1.807) is 0 Å². The highest BCUT2D eigenvalue weighted by atomic mass is 16.5. The normalized spacial score (nSPS) is 23.3. The van der Waals surface area contributed by atoms with Crippen molar-refractivity contribution in [2.24, 2.45) is 0 Å². The predicted molar refractivity (Wildman–Crippen MR) is 84.1 cm³/mol. The molecule has 0 spiro atoms.